The van der Waals surface area contributed by atoms with Crippen LogP contribution >= 0.6 is 0 Å². The summed E-state index contributed by atoms with van der Waals surface area (Å²) in [6, 6.07) is 47.2. The van der Waals surface area contributed by atoms with Crippen LogP contribution in [-0.2, 0) is 23.4 Å². The van der Waals surface area contributed by atoms with E-state index in [4.69, 9.17) is 9.47 Å². The molecule has 6 aromatic rings. The van der Waals surface area contributed by atoms with Gasteiger partial charge in [-0.2, -0.15) is 0 Å². The highest BCUT2D eigenvalue weighted by Crippen LogP contribution is 2.59. The number of anilines is 3. The zero-order valence-corrected chi connectivity index (χ0v) is 26.4. The highest BCUT2D eigenvalue weighted by Gasteiger charge is 2.54. The molecule has 2 aliphatic heterocycles. The molecule has 0 aromatic heterocycles. The predicted molar refractivity (Wildman–Crippen MR) is 187 cm³/mol. The number of ether oxygens (including phenoxy) is 2. The number of rotatable bonds is 7. The monoisotopic (exact) mass is 614 g/mol. The Balaban J connectivity index is 1.32. The molecular formula is C42H34N2O3. The van der Waals surface area contributed by atoms with Crippen molar-refractivity contribution in [3.05, 3.63) is 184 Å². The number of hydrogen-bond acceptors (Lipinski definition) is 5. The van der Waals surface area contributed by atoms with Gasteiger partial charge in [0.05, 0.1) is 16.8 Å². The van der Waals surface area contributed by atoms with E-state index in [1.54, 1.807) is 0 Å². The molecule has 0 aliphatic carbocycles. The summed E-state index contributed by atoms with van der Waals surface area (Å²) >= 11 is 0. The molecule has 1 atom stereocenters. The molecule has 1 spiro atoms. The molecule has 2 aliphatic rings. The zero-order chi connectivity index (χ0) is 32.0. The highest BCUT2D eigenvalue weighted by atomic mass is 16.6. The zero-order valence-electron chi connectivity index (χ0n) is 26.4. The number of nitrogens with one attached hydrogen (secondary N) is 1. The molecule has 0 saturated heterocycles. The molecule has 0 saturated carbocycles. The van der Waals surface area contributed by atoms with Crippen molar-refractivity contribution in [1.29, 1.82) is 0 Å². The lowest BCUT2D eigenvalue weighted by Crippen LogP contribution is -2.34. The minimum atomic E-state index is -1.22. The van der Waals surface area contributed by atoms with E-state index >= 15 is 0 Å². The highest BCUT2D eigenvalue weighted by molar-refractivity contribution is 5.98. The molecule has 2 heterocycles. The molecule has 6 aromatic carbocycles. The number of hydrogen-bond donors (Lipinski definition) is 1. The molecule has 8 rings (SSSR count). The van der Waals surface area contributed by atoms with Crippen molar-refractivity contribution >= 4 is 23.0 Å². The van der Waals surface area contributed by atoms with Crippen molar-refractivity contribution < 1.29 is 14.3 Å². The summed E-state index contributed by atoms with van der Waals surface area (Å²) in [5.41, 5.74) is 9.24. The first-order chi connectivity index (χ1) is 23.0. The van der Waals surface area contributed by atoms with Gasteiger partial charge >= 0.3 is 5.97 Å². The Kier molecular flexibility index (Phi) is 7.02. The number of carbonyl (C=O) groups is 1. The van der Waals surface area contributed by atoms with Crippen molar-refractivity contribution in [3.63, 3.8) is 0 Å². The van der Waals surface area contributed by atoms with Gasteiger partial charge in [-0.05, 0) is 73.0 Å². The summed E-state index contributed by atoms with van der Waals surface area (Å²) in [6.07, 6.45) is 0. The van der Waals surface area contributed by atoms with E-state index in [-0.39, 0.29) is 5.97 Å². The van der Waals surface area contributed by atoms with E-state index < -0.39 is 5.60 Å². The van der Waals surface area contributed by atoms with Crippen LogP contribution in [0.25, 0.3) is 0 Å². The normalized spacial score (nSPS) is 15.7. The van der Waals surface area contributed by atoms with Crippen LogP contribution in [0, 0.1) is 13.8 Å². The maximum Gasteiger partial charge on any atom is 0.340 e. The molecule has 0 fully saturated rings. The molecule has 0 radical (unpaired) electrons. The van der Waals surface area contributed by atoms with Crippen LogP contribution in [0.5, 0.6) is 11.5 Å². The Hall–Kier alpha value is -5.81. The lowest BCUT2D eigenvalue weighted by atomic mass is 9.76. The van der Waals surface area contributed by atoms with Crippen LogP contribution in [0.4, 0.5) is 17.1 Å². The molecule has 0 bridgehead atoms. The lowest BCUT2D eigenvalue weighted by molar-refractivity contribution is 0.0227. The van der Waals surface area contributed by atoms with E-state index in [9.17, 15) is 4.79 Å². The molecule has 5 nitrogen and oxygen atoms in total. The van der Waals surface area contributed by atoms with Crippen LogP contribution in [0.15, 0.2) is 140 Å². The van der Waals surface area contributed by atoms with Gasteiger partial charge in [0, 0.05) is 35.6 Å². The summed E-state index contributed by atoms with van der Waals surface area (Å²) in [4.78, 5) is 16.1. The number of benzene rings is 6. The molecule has 1 unspecified atom stereocenters. The third kappa shape index (κ3) is 5.01. The third-order valence-corrected chi connectivity index (χ3v) is 9.16. The summed E-state index contributed by atoms with van der Waals surface area (Å²) in [6.45, 7) is 5.59. The summed E-state index contributed by atoms with van der Waals surface area (Å²) in [7, 11) is 0. The quantitative estimate of drug-likeness (QED) is 0.181. The van der Waals surface area contributed by atoms with Crippen molar-refractivity contribution in [2.45, 2.75) is 32.5 Å². The van der Waals surface area contributed by atoms with Gasteiger partial charge in [-0.3, -0.25) is 0 Å². The van der Waals surface area contributed by atoms with E-state index in [1.165, 1.54) is 16.7 Å². The summed E-state index contributed by atoms with van der Waals surface area (Å²) in [5.74, 6) is 0.959. The van der Waals surface area contributed by atoms with Crippen LogP contribution < -0.4 is 15.0 Å². The van der Waals surface area contributed by atoms with Gasteiger partial charge in [0.2, 0.25) is 0 Å². The first kappa shape index (κ1) is 28.6. The van der Waals surface area contributed by atoms with Gasteiger partial charge in [0.15, 0.2) is 5.60 Å². The van der Waals surface area contributed by atoms with E-state index in [0.717, 1.165) is 39.3 Å². The first-order valence-electron chi connectivity index (χ1n) is 16.0. The van der Waals surface area contributed by atoms with Crippen LogP contribution in [0.2, 0.25) is 0 Å². The van der Waals surface area contributed by atoms with Gasteiger partial charge in [-0.25, -0.2) is 4.79 Å². The van der Waals surface area contributed by atoms with Crippen LogP contribution in [0.1, 0.15) is 49.3 Å². The Bertz CT molecular complexity index is 2080. The molecule has 230 valence electrons. The van der Waals surface area contributed by atoms with Crippen molar-refractivity contribution in [3.8, 4) is 11.5 Å². The minimum absolute atomic E-state index is 0.350. The van der Waals surface area contributed by atoms with E-state index in [0.29, 0.717) is 30.2 Å². The topological polar surface area (TPSA) is 50.8 Å². The number of esters is 1. The summed E-state index contributed by atoms with van der Waals surface area (Å²) < 4.78 is 13.3. The average molecular weight is 615 g/mol. The first-order valence-corrected chi connectivity index (χ1v) is 16.0. The van der Waals surface area contributed by atoms with Gasteiger partial charge in [-0.1, -0.05) is 103 Å². The molecule has 5 heteroatoms. The molecule has 1 N–H and O–H groups in total. The second kappa shape index (κ2) is 11.5. The Morgan fingerprint density at radius 1 is 0.638 bits per heavy atom. The third-order valence-electron chi connectivity index (χ3n) is 9.16. The van der Waals surface area contributed by atoms with E-state index in [2.05, 4.69) is 103 Å². The second-order valence-electron chi connectivity index (χ2n) is 12.3. The van der Waals surface area contributed by atoms with Crippen LogP contribution in [-0.4, -0.2) is 5.97 Å². The fourth-order valence-corrected chi connectivity index (χ4v) is 6.96. The molecule has 0 amide bonds. The SMILES string of the molecule is Cc1ccc(Nc2cccc3c2C2(OC(=O)c4ccccc42)c2cc(N(Cc4ccccc4)Cc4ccccc4)ccc2O3)c(C)c1. The van der Waals surface area contributed by atoms with Crippen molar-refractivity contribution in [2.24, 2.45) is 0 Å². The smallest absolute Gasteiger partial charge is 0.340 e. The second-order valence-corrected chi connectivity index (χ2v) is 12.3. The Morgan fingerprint density at radius 2 is 1.34 bits per heavy atom. The number of fused-ring (bicyclic) bond motifs is 6. The largest absolute Gasteiger partial charge is 0.456 e. The molecule has 47 heavy (non-hydrogen) atoms. The number of aryl methyl sites for hydroxylation is 2. The predicted octanol–water partition coefficient (Wildman–Crippen LogP) is 9.82. The van der Waals surface area contributed by atoms with Crippen LogP contribution in [0.3, 0.4) is 0 Å². The lowest BCUT2D eigenvalue weighted by Gasteiger charge is -2.39. The Morgan fingerprint density at radius 3 is 2.06 bits per heavy atom. The standard InChI is InChI=1S/C42H34N2O3/c1-28-20-22-36(29(2)24-28)43-37-18-11-19-39-40(37)42(34-17-10-9-16-33(34)41(45)47-42)35-25-32(21-23-38(35)46-39)44(26-30-12-5-3-6-13-30)27-31-14-7-4-8-15-31/h3-25,43H,26-27H2,1-2H3. The number of carbonyl (C=O) groups excluding carboxylic acids is 1. The fraction of sp³-hybridized carbons (Fsp3) is 0.119. The molecular weight excluding hydrogens is 580 g/mol. The fourth-order valence-electron chi connectivity index (χ4n) is 6.96. The Labute approximate surface area is 275 Å². The number of nitrogens with zero attached hydrogens (tertiary/aromatic N) is 1. The average Bonchev–Trinajstić information content (AvgIpc) is 3.39. The maximum atomic E-state index is 13.7. The van der Waals surface area contributed by atoms with Gasteiger partial charge < -0.3 is 19.7 Å². The van der Waals surface area contributed by atoms with Gasteiger partial charge in [-0.15, -0.1) is 0 Å². The summed E-state index contributed by atoms with van der Waals surface area (Å²) in [5, 5.41) is 3.68. The van der Waals surface area contributed by atoms with Crippen molar-refractivity contribution in [2.75, 3.05) is 10.2 Å². The van der Waals surface area contributed by atoms with Gasteiger partial charge in [0.1, 0.15) is 11.5 Å². The minimum Gasteiger partial charge on any atom is -0.456 e. The van der Waals surface area contributed by atoms with Crippen molar-refractivity contribution in [1.82, 2.24) is 0 Å². The van der Waals surface area contributed by atoms with E-state index in [1.807, 2.05) is 60.7 Å². The maximum absolute atomic E-state index is 13.7. The van der Waals surface area contributed by atoms with Gasteiger partial charge in [0.25, 0.3) is 0 Å².